The number of hydrogen-bond acceptors (Lipinski definition) is 3. The average Bonchev–Trinajstić information content (AvgIpc) is 1.77. The largest absolute Gasteiger partial charge is 0.431 e. The molecule has 0 atom stereocenters. The van der Waals surface area contributed by atoms with E-state index in [4.69, 9.17) is 0 Å². The van der Waals surface area contributed by atoms with Gasteiger partial charge >= 0.3 is 6.09 Å². The highest BCUT2D eigenvalue weighted by Gasteiger charge is 2.12. The topological polar surface area (TPSA) is 67.4 Å². The maximum atomic E-state index is 10.2. The van der Waals surface area contributed by atoms with Crippen LogP contribution in [0, 0.1) is 0 Å². The minimum absolute atomic E-state index is 0.00116. The van der Waals surface area contributed by atoms with Gasteiger partial charge in [-0.05, 0) is 0 Å². The zero-order valence-corrected chi connectivity index (χ0v) is 3.93. The van der Waals surface area contributed by atoms with E-state index in [2.05, 4.69) is 10.2 Å². The van der Waals surface area contributed by atoms with Crippen LogP contribution in [0.3, 0.4) is 0 Å². The molecule has 1 aliphatic heterocycles. The summed E-state index contributed by atoms with van der Waals surface area (Å²) in [5, 5.41) is 2.16. The van der Waals surface area contributed by atoms with Crippen LogP contribution >= 0.6 is 0 Å². The van der Waals surface area contributed by atoms with Crippen molar-refractivity contribution < 1.29 is 14.4 Å². The fraction of sp³-hybridized carbons (Fsp3) is 0.333. The van der Waals surface area contributed by atoms with E-state index in [9.17, 15) is 9.59 Å². The van der Waals surface area contributed by atoms with Gasteiger partial charge in [-0.15, -0.1) is 0 Å². The van der Waals surface area contributed by atoms with Crippen molar-refractivity contribution in [3.63, 3.8) is 0 Å². The van der Waals surface area contributed by atoms with Gasteiger partial charge in [0.1, 0.15) is 6.54 Å². The van der Waals surface area contributed by atoms with Crippen LogP contribution in [-0.4, -0.2) is 18.5 Å². The second kappa shape index (κ2) is 1.69. The van der Waals surface area contributed by atoms with Gasteiger partial charge in [-0.25, -0.2) is 4.79 Å². The number of carbonyl (C=O) groups is 2. The molecule has 1 rings (SSSR count). The van der Waals surface area contributed by atoms with Gasteiger partial charge in [0.2, 0.25) is 0 Å². The van der Waals surface area contributed by atoms with Gasteiger partial charge in [-0.3, -0.25) is 4.79 Å². The first-order valence-corrected chi connectivity index (χ1v) is 2.02. The van der Waals surface area contributed by atoms with Crippen LogP contribution in [0.4, 0.5) is 4.79 Å². The van der Waals surface area contributed by atoms with Crippen molar-refractivity contribution in [3.05, 3.63) is 0 Å². The lowest BCUT2D eigenvalue weighted by molar-refractivity contribution is -0.131. The third-order valence-corrected chi connectivity index (χ3v) is 0.651. The Morgan fingerprint density at radius 2 is 2.25 bits per heavy atom. The summed E-state index contributed by atoms with van der Waals surface area (Å²) < 4.78 is 0. The molecule has 2 N–H and O–H groups in total. The van der Waals surface area contributed by atoms with Crippen LogP contribution in [0.25, 0.3) is 0 Å². The number of hydroxylamine groups is 1. The van der Waals surface area contributed by atoms with E-state index >= 15 is 0 Å². The number of hydrogen-bond donors (Lipinski definition) is 2. The third kappa shape index (κ3) is 0.868. The first-order valence-electron chi connectivity index (χ1n) is 2.02. The van der Waals surface area contributed by atoms with E-state index in [0.29, 0.717) is 0 Å². The Kier molecular flexibility index (Phi) is 1.03. The first kappa shape index (κ1) is 4.89. The van der Waals surface area contributed by atoms with Crippen LogP contribution in [0.2, 0.25) is 0 Å². The molecule has 8 heavy (non-hydrogen) atoms. The fourth-order valence-corrected chi connectivity index (χ4v) is 0.328. The number of rotatable bonds is 0. The van der Waals surface area contributed by atoms with Crippen molar-refractivity contribution in [2.45, 2.75) is 0 Å². The lowest BCUT2D eigenvalue weighted by atomic mass is 10.6. The Balaban J connectivity index is 2.40. The molecule has 5 heteroatoms. The van der Waals surface area contributed by atoms with Gasteiger partial charge in [0.05, 0.1) is 0 Å². The van der Waals surface area contributed by atoms with Gasteiger partial charge in [-0.2, -0.15) is 5.48 Å². The van der Waals surface area contributed by atoms with E-state index in [0.717, 1.165) is 0 Å². The molecule has 1 aliphatic rings. The summed E-state index contributed by atoms with van der Waals surface area (Å²) in [4.78, 5) is 24.3. The molecule has 0 aliphatic carbocycles. The predicted octanol–water partition coefficient (Wildman–Crippen LogP) is -1.24. The van der Waals surface area contributed by atoms with Crippen molar-refractivity contribution in [2.24, 2.45) is 0 Å². The molecule has 1 saturated heterocycles. The molecule has 0 unspecified atom stereocenters. The summed E-state index contributed by atoms with van der Waals surface area (Å²) in [7, 11) is 0. The van der Waals surface area contributed by atoms with Gasteiger partial charge in [0, 0.05) is 0 Å². The van der Waals surface area contributed by atoms with E-state index in [1.54, 1.807) is 0 Å². The monoisotopic (exact) mass is 116 g/mol. The lowest BCUT2D eigenvalue weighted by Gasteiger charge is -2.10. The highest BCUT2D eigenvalue weighted by molar-refractivity contribution is 5.85. The average molecular weight is 116 g/mol. The Morgan fingerprint density at radius 3 is 2.62 bits per heavy atom. The molecule has 44 valence electrons. The van der Waals surface area contributed by atoms with Crippen molar-refractivity contribution in [2.75, 3.05) is 6.54 Å². The standard InChI is InChI=1S/C3H4N2O3/c6-2-1-4-3(7)8-5-2/h1H2,(H,4,7)(H,5,6). The van der Waals surface area contributed by atoms with E-state index in [1.807, 2.05) is 5.48 Å². The summed E-state index contributed by atoms with van der Waals surface area (Å²) in [5.41, 5.74) is 1.88. The van der Waals surface area contributed by atoms with Crippen LogP contribution in [0.15, 0.2) is 0 Å². The summed E-state index contributed by atoms with van der Waals surface area (Å²) in [6, 6.07) is 0. The highest BCUT2D eigenvalue weighted by Crippen LogP contribution is 1.77. The maximum Gasteiger partial charge on any atom is 0.431 e. The molecule has 1 fully saturated rings. The normalized spacial score (nSPS) is 18.5. The van der Waals surface area contributed by atoms with Gasteiger partial charge < -0.3 is 10.2 Å². The Hall–Kier alpha value is -1.26. The van der Waals surface area contributed by atoms with Crippen molar-refractivity contribution in [3.8, 4) is 0 Å². The summed E-state index contributed by atoms with van der Waals surface area (Å²) in [5.74, 6) is -0.343. The van der Waals surface area contributed by atoms with Gasteiger partial charge in [-0.1, -0.05) is 0 Å². The quantitative estimate of drug-likeness (QED) is 0.416. The van der Waals surface area contributed by atoms with Crippen molar-refractivity contribution in [1.29, 1.82) is 0 Å². The zero-order chi connectivity index (χ0) is 5.98. The van der Waals surface area contributed by atoms with Crippen molar-refractivity contribution in [1.82, 2.24) is 10.8 Å². The smallest absolute Gasteiger partial charge is 0.322 e. The molecule has 0 aromatic rings. The SMILES string of the molecule is O=C1CNC(=O)ON1. The molecule has 0 saturated carbocycles. The van der Waals surface area contributed by atoms with E-state index < -0.39 is 6.09 Å². The molecular weight excluding hydrogens is 112 g/mol. The van der Waals surface area contributed by atoms with Gasteiger partial charge in [0.15, 0.2) is 0 Å². The fourth-order valence-electron chi connectivity index (χ4n) is 0.328. The first-order chi connectivity index (χ1) is 3.79. The number of carbonyl (C=O) groups excluding carboxylic acids is 2. The summed E-state index contributed by atoms with van der Waals surface area (Å²) >= 11 is 0. The minimum Gasteiger partial charge on any atom is -0.322 e. The molecule has 2 amide bonds. The van der Waals surface area contributed by atoms with Crippen LogP contribution < -0.4 is 10.8 Å². The molecule has 5 nitrogen and oxygen atoms in total. The summed E-state index contributed by atoms with van der Waals surface area (Å²) in [6.07, 6.45) is -0.621. The minimum atomic E-state index is -0.621. The van der Waals surface area contributed by atoms with Crippen molar-refractivity contribution >= 4 is 12.0 Å². The second-order valence-corrected chi connectivity index (χ2v) is 1.27. The molecule has 0 spiro atoms. The Labute approximate surface area is 45.0 Å². The molecule has 0 radical (unpaired) electrons. The molecule has 0 aromatic heterocycles. The van der Waals surface area contributed by atoms with Crippen LogP contribution in [0.5, 0.6) is 0 Å². The maximum absolute atomic E-state index is 10.2. The summed E-state index contributed by atoms with van der Waals surface area (Å²) in [6.45, 7) is -0.00116. The van der Waals surface area contributed by atoms with E-state index in [-0.39, 0.29) is 12.5 Å². The lowest BCUT2D eigenvalue weighted by Crippen LogP contribution is -2.46. The Morgan fingerprint density at radius 1 is 1.50 bits per heavy atom. The highest BCUT2D eigenvalue weighted by atomic mass is 16.7. The van der Waals surface area contributed by atoms with Crippen LogP contribution in [0.1, 0.15) is 0 Å². The second-order valence-electron chi connectivity index (χ2n) is 1.27. The molecular formula is C3H4N2O3. The number of nitrogens with one attached hydrogen (secondary N) is 2. The zero-order valence-electron chi connectivity index (χ0n) is 3.93. The molecule has 0 aromatic carbocycles. The van der Waals surface area contributed by atoms with Crippen LogP contribution in [-0.2, 0) is 9.63 Å². The predicted molar refractivity (Wildman–Crippen MR) is 22.6 cm³/mol. The third-order valence-electron chi connectivity index (χ3n) is 0.651. The molecule has 0 bridgehead atoms. The van der Waals surface area contributed by atoms with Gasteiger partial charge in [0.25, 0.3) is 5.91 Å². The van der Waals surface area contributed by atoms with E-state index in [1.165, 1.54) is 0 Å². The Bertz CT molecular complexity index is 104. The number of amides is 2. The molecule has 1 heterocycles.